The van der Waals surface area contributed by atoms with Crippen molar-refractivity contribution < 1.29 is 80.0 Å². The second kappa shape index (κ2) is 53.5. The van der Waals surface area contributed by atoms with Crippen LogP contribution in [0.5, 0.6) is 0 Å². The molecule has 0 unspecified atom stereocenters. The molecule has 13 heteroatoms. The van der Waals surface area contributed by atoms with Gasteiger partial charge in [-0.3, -0.25) is 0 Å². The third kappa shape index (κ3) is 72.0. The molecule has 0 radical (unpaired) electrons. The van der Waals surface area contributed by atoms with Gasteiger partial charge in [0.2, 0.25) is 0 Å². The fourth-order valence-corrected chi connectivity index (χ4v) is 1.21. The van der Waals surface area contributed by atoms with Gasteiger partial charge in [-0.25, -0.2) is 0 Å². The minimum absolute atomic E-state index is 0. The van der Waals surface area contributed by atoms with Gasteiger partial charge in [-0.15, -0.1) is 26.4 Å². The third-order valence-electron chi connectivity index (χ3n) is 2.64. The van der Waals surface area contributed by atoms with Crippen LogP contribution in [0.4, 0.5) is 0 Å². The van der Waals surface area contributed by atoms with E-state index >= 15 is 0 Å². The van der Waals surface area contributed by atoms with E-state index in [-0.39, 0.29) is 48.1 Å². The standard InChI is InChI=1S/4C5H11O3.Ti/c4*1-7-4-5-8-3-2-6;/h4*2-5H2,1H3;/q4*-1;+4. The van der Waals surface area contributed by atoms with E-state index in [1.54, 1.807) is 28.4 Å². The normalized spacial score (nSPS) is 9.45. The molecule has 0 bridgehead atoms. The molecule has 0 aliphatic carbocycles. The van der Waals surface area contributed by atoms with Crippen LogP contribution in [0, 0.1) is 0 Å². The molecule has 0 aromatic rings. The van der Waals surface area contributed by atoms with E-state index in [2.05, 4.69) is 18.9 Å². The molecule has 12 nitrogen and oxygen atoms in total. The Balaban J connectivity index is -0.000000105. The number of hydrogen-bond donors (Lipinski definition) is 0. The van der Waals surface area contributed by atoms with Crippen molar-refractivity contribution in [1.29, 1.82) is 0 Å². The van der Waals surface area contributed by atoms with E-state index in [1.807, 2.05) is 0 Å². The van der Waals surface area contributed by atoms with E-state index in [0.717, 1.165) is 0 Å². The summed E-state index contributed by atoms with van der Waals surface area (Å²) in [7, 11) is 6.39. The van der Waals surface area contributed by atoms with Crippen molar-refractivity contribution in [2.45, 2.75) is 0 Å². The Labute approximate surface area is 214 Å². The van der Waals surface area contributed by atoms with E-state index in [0.29, 0.717) is 79.3 Å². The zero-order valence-corrected chi connectivity index (χ0v) is 22.3. The quantitative estimate of drug-likeness (QED) is 0.112. The van der Waals surface area contributed by atoms with Crippen molar-refractivity contribution >= 4 is 0 Å². The summed E-state index contributed by atoms with van der Waals surface area (Å²) in [6.07, 6.45) is 0. The van der Waals surface area contributed by atoms with E-state index in [1.165, 1.54) is 0 Å². The van der Waals surface area contributed by atoms with Crippen LogP contribution in [0.2, 0.25) is 0 Å². The van der Waals surface area contributed by atoms with Crippen LogP contribution in [0.1, 0.15) is 0 Å². The van der Waals surface area contributed by atoms with Crippen molar-refractivity contribution in [3.63, 3.8) is 0 Å². The minimum atomic E-state index is -0.163. The topological polar surface area (TPSA) is 166 Å². The smallest absolute Gasteiger partial charge is 0.853 e. The summed E-state index contributed by atoms with van der Waals surface area (Å²) in [5.41, 5.74) is 0. The molecule has 0 saturated heterocycles. The Morgan fingerprint density at radius 3 is 0.636 bits per heavy atom. The Morgan fingerprint density at radius 1 is 0.333 bits per heavy atom. The van der Waals surface area contributed by atoms with Gasteiger partial charge in [0.25, 0.3) is 0 Å². The summed E-state index contributed by atoms with van der Waals surface area (Å²) in [6, 6.07) is 0. The van der Waals surface area contributed by atoms with Crippen molar-refractivity contribution in [3.05, 3.63) is 0 Å². The molecule has 0 aliphatic rings. The molecule has 0 saturated carbocycles. The average molecular weight is 524 g/mol. The molecule has 0 aromatic heterocycles. The summed E-state index contributed by atoms with van der Waals surface area (Å²) in [6.45, 7) is 4.91. The fourth-order valence-electron chi connectivity index (χ4n) is 1.21. The van der Waals surface area contributed by atoms with Gasteiger partial charge in [-0.05, 0) is 0 Å². The molecule has 200 valence electrons. The minimum Gasteiger partial charge on any atom is -0.853 e. The van der Waals surface area contributed by atoms with Gasteiger partial charge < -0.3 is 58.3 Å². The molecular formula is C20H44O12Ti. The van der Waals surface area contributed by atoms with Gasteiger partial charge >= 0.3 is 21.7 Å². The van der Waals surface area contributed by atoms with Crippen LogP contribution < -0.4 is 20.4 Å². The van der Waals surface area contributed by atoms with Crippen LogP contribution in [0.25, 0.3) is 0 Å². The molecule has 0 aliphatic heterocycles. The maximum atomic E-state index is 9.73. The summed E-state index contributed by atoms with van der Waals surface area (Å²) in [4.78, 5) is 0. The number of ether oxygens (including phenoxy) is 8. The molecular weight excluding hydrogens is 480 g/mol. The largest absolute Gasteiger partial charge is 4.00 e. The second-order valence-corrected chi connectivity index (χ2v) is 5.24. The molecule has 0 heterocycles. The Kier molecular flexibility index (Phi) is 70.3. The summed E-state index contributed by atoms with van der Waals surface area (Å²) >= 11 is 0. The van der Waals surface area contributed by atoms with Crippen molar-refractivity contribution in [1.82, 2.24) is 0 Å². The maximum absolute atomic E-state index is 9.73. The van der Waals surface area contributed by atoms with E-state index in [4.69, 9.17) is 18.9 Å². The molecule has 0 N–H and O–H groups in total. The van der Waals surface area contributed by atoms with Gasteiger partial charge in [0, 0.05) is 54.9 Å². The van der Waals surface area contributed by atoms with Gasteiger partial charge in [0.1, 0.15) is 0 Å². The van der Waals surface area contributed by atoms with E-state index < -0.39 is 0 Å². The van der Waals surface area contributed by atoms with Gasteiger partial charge in [-0.1, -0.05) is 0 Å². The van der Waals surface area contributed by atoms with Crippen LogP contribution in [0.3, 0.4) is 0 Å². The first-order valence-corrected chi connectivity index (χ1v) is 10.3. The Hall–Kier alpha value is 0.234. The molecule has 33 heavy (non-hydrogen) atoms. The number of methoxy groups -OCH3 is 4. The monoisotopic (exact) mass is 524 g/mol. The molecule has 0 fully saturated rings. The SMILES string of the molecule is COCCOCC[O-].COCCOCC[O-].COCCOCC[O-].COCCOCC[O-].[Ti+4]. The fraction of sp³-hybridized carbons (Fsp3) is 1.00. The van der Waals surface area contributed by atoms with Crippen LogP contribution in [0.15, 0.2) is 0 Å². The van der Waals surface area contributed by atoms with Crippen LogP contribution in [-0.4, -0.2) is 134 Å². The van der Waals surface area contributed by atoms with Gasteiger partial charge in [0.05, 0.1) is 52.9 Å². The zero-order valence-electron chi connectivity index (χ0n) is 20.7. The first kappa shape index (κ1) is 43.3. The van der Waals surface area contributed by atoms with Gasteiger partial charge in [0.15, 0.2) is 0 Å². The first-order valence-electron chi connectivity index (χ1n) is 10.3. The third-order valence-corrected chi connectivity index (χ3v) is 2.64. The molecule has 0 aromatic carbocycles. The summed E-state index contributed by atoms with van der Waals surface area (Å²) in [5, 5.41) is 38.9. The van der Waals surface area contributed by atoms with Crippen molar-refractivity contribution in [3.8, 4) is 0 Å². The summed E-state index contributed by atoms with van der Waals surface area (Å²) in [5.74, 6) is 0. The second-order valence-electron chi connectivity index (χ2n) is 5.24. The predicted molar refractivity (Wildman–Crippen MR) is 110 cm³/mol. The van der Waals surface area contributed by atoms with Crippen molar-refractivity contribution in [2.75, 3.05) is 134 Å². The maximum Gasteiger partial charge on any atom is 4.00 e. The molecule has 0 amide bonds. The molecule has 0 atom stereocenters. The van der Waals surface area contributed by atoms with Gasteiger partial charge in [-0.2, -0.15) is 0 Å². The average Bonchev–Trinajstić information content (AvgIpc) is 2.82. The van der Waals surface area contributed by atoms with Crippen molar-refractivity contribution in [2.24, 2.45) is 0 Å². The van der Waals surface area contributed by atoms with E-state index in [9.17, 15) is 20.4 Å². The Bertz CT molecular complexity index is 185. The predicted octanol–water partition coefficient (Wildman–Crippen LogP) is -3.96. The van der Waals surface area contributed by atoms with Crippen LogP contribution in [-0.2, 0) is 59.6 Å². The number of hydrogen-bond acceptors (Lipinski definition) is 12. The molecule has 0 rings (SSSR count). The first-order chi connectivity index (χ1) is 15.7. The number of rotatable bonds is 20. The van der Waals surface area contributed by atoms with Crippen LogP contribution >= 0.6 is 0 Å². The zero-order chi connectivity index (χ0) is 25.0. The summed E-state index contributed by atoms with van der Waals surface area (Å²) < 4.78 is 37.8. The molecule has 0 spiro atoms. The Morgan fingerprint density at radius 2 is 0.515 bits per heavy atom.